The van der Waals surface area contributed by atoms with Gasteiger partial charge in [-0.05, 0) is 36.4 Å². The van der Waals surface area contributed by atoms with E-state index in [4.69, 9.17) is 28.9 Å². The lowest BCUT2D eigenvalue weighted by Gasteiger charge is -2.10. The van der Waals surface area contributed by atoms with Crippen LogP contribution < -0.4 is 10.5 Å². The molecule has 6 nitrogen and oxygen atoms in total. The van der Waals surface area contributed by atoms with Crippen LogP contribution in [-0.4, -0.2) is 23.1 Å². The van der Waals surface area contributed by atoms with Crippen molar-refractivity contribution in [1.82, 2.24) is 0 Å². The van der Waals surface area contributed by atoms with Crippen LogP contribution in [-0.2, 0) is 19.9 Å². The van der Waals surface area contributed by atoms with E-state index in [1.54, 1.807) is 0 Å². The quantitative estimate of drug-likeness (QED) is 0.775. The maximum absolute atomic E-state index is 12.3. The van der Waals surface area contributed by atoms with Crippen molar-refractivity contribution in [1.29, 1.82) is 0 Å². The molecule has 0 bridgehead atoms. The van der Waals surface area contributed by atoms with E-state index in [0.29, 0.717) is 0 Å². The van der Waals surface area contributed by atoms with Crippen molar-refractivity contribution in [2.75, 3.05) is 16.7 Å². The maximum atomic E-state index is 12.3. The molecule has 23 heavy (non-hydrogen) atoms. The number of nitrogens with two attached hydrogens (primary N) is 1. The standard InChI is InChI=1S/C13H12Cl2N2O4S2/c1-22(18,19)9-2-4-10(5-3-9)23(20,21)17-8-6-11(14)13(16)12(15)7-8/h2-7,17H,16H2,1H3. The second-order valence-electron chi connectivity index (χ2n) is 4.70. The average Bonchev–Trinajstić information content (AvgIpc) is 2.43. The van der Waals surface area contributed by atoms with Crippen molar-refractivity contribution < 1.29 is 16.8 Å². The minimum Gasteiger partial charge on any atom is -0.396 e. The molecule has 0 heterocycles. The number of nitrogens with one attached hydrogen (secondary N) is 1. The SMILES string of the molecule is CS(=O)(=O)c1ccc(S(=O)(=O)Nc2cc(Cl)c(N)c(Cl)c2)cc1. The summed E-state index contributed by atoms with van der Waals surface area (Å²) in [5.74, 6) is 0. The Morgan fingerprint density at radius 3 is 1.78 bits per heavy atom. The van der Waals surface area contributed by atoms with Gasteiger partial charge in [-0.3, -0.25) is 4.72 Å². The first-order chi connectivity index (χ1) is 10.5. The molecule has 2 aromatic carbocycles. The number of anilines is 2. The largest absolute Gasteiger partial charge is 0.396 e. The highest BCUT2D eigenvalue weighted by atomic mass is 35.5. The Morgan fingerprint density at radius 1 is 0.913 bits per heavy atom. The van der Waals surface area contributed by atoms with E-state index < -0.39 is 19.9 Å². The monoisotopic (exact) mass is 394 g/mol. The lowest BCUT2D eigenvalue weighted by atomic mass is 10.3. The summed E-state index contributed by atoms with van der Waals surface area (Å²) in [6, 6.07) is 7.47. The van der Waals surface area contributed by atoms with Gasteiger partial charge < -0.3 is 5.73 Å². The van der Waals surface area contributed by atoms with Crippen molar-refractivity contribution in [2.45, 2.75) is 9.79 Å². The summed E-state index contributed by atoms with van der Waals surface area (Å²) in [5.41, 5.74) is 5.87. The molecule has 0 radical (unpaired) electrons. The zero-order chi connectivity index (χ0) is 17.4. The molecule has 10 heteroatoms. The fourth-order valence-electron chi connectivity index (χ4n) is 1.72. The fraction of sp³-hybridized carbons (Fsp3) is 0.0769. The first-order valence-electron chi connectivity index (χ1n) is 6.08. The minimum absolute atomic E-state index is 0.0232. The molecule has 0 atom stereocenters. The molecule has 0 aliphatic heterocycles. The zero-order valence-electron chi connectivity index (χ0n) is 11.7. The van der Waals surface area contributed by atoms with E-state index in [9.17, 15) is 16.8 Å². The molecular weight excluding hydrogens is 383 g/mol. The van der Waals surface area contributed by atoms with Gasteiger partial charge in [-0.25, -0.2) is 16.8 Å². The van der Waals surface area contributed by atoms with Crippen molar-refractivity contribution in [2.24, 2.45) is 0 Å². The highest BCUT2D eigenvalue weighted by molar-refractivity contribution is 7.92. The molecule has 0 saturated carbocycles. The van der Waals surface area contributed by atoms with Crippen molar-refractivity contribution in [3.8, 4) is 0 Å². The Morgan fingerprint density at radius 2 is 1.35 bits per heavy atom. The van der Waals surface area contributed by atoms with E-state index in [2.05, 4.69) is 4.72 Å². The van der Waals surface area contributed by atoms with Gasteiger partial charge in [0.2, 0.25) is 0 Å². The third-order valence-electron chi connectivity index (χ3n) is 2.89. The van der Waals surface area contributed by atoms with Crippen LogP contribution >= 0.6 is 23.2 Å². The molecule has 0 aromatic heterocycles. The van der Waals surface area contributed by atoms with E-state index in [1.807, 2.05) is 0 Å². The number of hydrogen-bond acceptors (Lipinski definition) is 5. The van der Waals surface area contributed by atoms with Gasteiger partial charge in [0.05, 0.1) is 31.2 Å². The van der Waals surface area contributed by atoms with Crippen molar-refractivity contribution >= 4 is 54.4 Å². The Bertz CT molecular complexity index is 933. The average molecular weight is 395 g/mol. The van der Waals surface area contributed by atoms with E-state index >= 15 is 0 Å². The van der Waals surface area contributed by atoms with Gasteiger partial charge in [0.25, 0.3) is 10.0 Å². The summed E-state index contributed by atoms with van der Waals surface area (Å²) in [5, 5.41) is 0.227. The normalized spacial score (nSPS) is 12.1. The number of halogens is 2. The molecule has 0 amide bonds. The number of sulfone groups is 1. The highest BCUT2D eigenvalue weighted by Gasteiger charge is 2.17. The third-order valence-corrected chi connectivity index (χ3v) is 6.04. The Labute approximate surface area is 144 Å². The first-order valence-corrected chi connectivity index (χ1v) is 10.2. The number of nitrogen functional groups attached to an aromatic ring is 1. The third kappa shape index (κ3) is 4.08. The van der Waals surface area contributed by atoms with Crippen molar-refractivity contribution in [3.05, 3.63) is 46.4 Å². The fourth-order valence-corrected chi connectivity index (χ4v) is 3.88. The van der Waals surface area contributed by atoms with Crippen molar-refractivity contribution in [3.63, 3.8) is 0 Å². The summed E-state index contributed by atoms with van der Waals surface area (Å²) in [4.78, 5) is -0.0796. The minimum atomic E-state index is -3.92. The van der Waals surface area contributed by atoms with Gasteiger partial charge >= 0.3 is 0 Å². The molecule has 0 saturated heterocycles. The second kappa shape index (κ2) is 6.20. The van der Waals surface area contributed by atoms with Gasteiger partial charge in [0.15, 0.2) is 9.84 Å². The molecule has 2 aromatic rings. The van der Waals surface area contributed by atoms with Crippen LogP contribution in [0.5, 0.6) is 0 Å². The first kappa shape index (κ1) is 17.9. The smallest absolute Gasteiger partial charge is 0.261 e. The van der Waals surface area contributed by atoms with Crippen LogP contribution in [0.1, 0.15) is 0 Å². The van der Waals surface area contributed by atoms with Gasteiger partial charge in [-0.1, -0.05) is 23.2 Å². The van der Waals surface area contributed by atoms with Gasteiger partial charge in [0, 0.05) is 6.26 Å². The Balaban J connectivity index is 2.36. The molecule has 0 aliphatic carbocycles. The van der Waals surface area contributed by atoms with E-state index in [-0.39, 0.29) is 31.2 Å². The molecule has 3 N–H and O–H groups in total. The summed E-state index contributed by atoms with van der Waals surface area (Å²) in [6.07, 6.45) is 1.03. The number of rotatable bonds is 4. The van der Waals surface area contributed by atoms with E-state index in [1.165, 1.54) is 36.4 Å². The predicted octanol–water partition coefficient (Wildman–Crippen LogP) is 2.78. The number of hydrogen-bond donors (Lipinski definition) is 2. The van der Waals surface area contributed by atoms with E-state index in [0.717, 1.165) is 6.26 Å². The van der Waals surface area contributed by atoms with Crippen LogP contribution in [0.25, 0.3) is 0 Å². The summed E-state index contributed by atoms with van der Waals surface area (Å²) >= 11 is 11.7. The predicted molar refractivity (Wildman–Crippen MR) is 91.2 cm³/mol. The van der Waals surface area contributed by atoms with Crippen LogP contribution in [0.2, 0.25) is 10.0 Å². The Kier molecular flexibility index (Phi) is 4.81. The number of benzene rings is 2. The molecule has 0 aliphatic rings. The molecule has 0 fully saturated rings. The number of sulfonamides is 1. The summed E-state index contributed by atoms with van der Waals surface area (Å²) < 4.78 is 49.7. The topological polar surface area (TPSA) is 106 Å². The van der Waals surface area contributed by atoms with Gasteiger partial charge in [0.1, 0.15) is 0 Å². The molecule has 124 valence electrons. The highest BCUT2D eigenvalue weighted by Crippen LogP contribution is 2.32. The second-order valence-corrected chi connectivity index (χ2v) is 9.22. The molecule has 0 unspecified atom stereocenters. The Hall–Kier alpha value is -1.48. The van der Waals surface area contributed by atoms with Gasteiger partial charge in [-0.2, -0.15) is 0 Å². The zero-order valence-corrected chi connectivity index (χ0v) is 14.9. The maximum Gasteiger partial charge on any atom is 0.261 e. The van der Waals surface area contributed by atoms with Gasteiger partial charge in [-0.15, -0.1) is 0 Å². The van der Waals surface area contributed by atoms with Crippen LogP contribution in [0.15, 0.2) is 46.2 Å². The van der Waals surface area contributed by atoms with Crippen LogP contribution in [0, 0.1) is 0 Å². The van der Waals surface area contributed by atoms with Crippen LogP contribution in [0.3, 0.4) is 0 Å². The molecule has 0 spiro atoms. The summed E-state index contributed by atoms with van der Waals surface area (Å²) in [7, 11) is -7.33. The lowest BCUT2D eigenvalue weighted by Crippen LogP contribution is -2.13. The molecule has 2 rings (SSSR count). The summed E-state index contributed by atoms with van der Waals surface area (Å²) in [6.45, 7) is 0. The van der Waals surface area contributed by atoms with Crippen LogP contribution in [0.4, 0.5) is 11.4 Å². The lowest BCUT2D eigenvalue weighted by molar-refractivity contribution is 0.597. The molecular formula is C13H12Cl2N2O4S2.